The Morgan fingerprint density at radius 2 is 0.585 bits per heavy atom. The van der Waals surface area contributed by atoms with E-state index in [1.165, 1.54) is 175 Å². The molecule has 4 aromatic carbocycles. The van der Waals surface area contributed by atoms with E-state index in [9.17, 15) is 0 Å². The summed E-state index contributed by atoms with van der Waals surface area (Å²) < 4.78 is 0. The van der Waals surface area contributed by atoms with E-state index in [2.05, 4.69) is 234 Å². The van der Waals surface area contributed by atoms with Crippen molar-refractivity contribution in [2.75, 3.05) is 0 Å². The highest BCUT2D eigenvalue weighted by atomic mass is 14.6. The summed E-state index contributed by atoms with van der Waals surface area (Å²) in [6.45, 7) is 62.6. The lowest BCUT2D eigenvalue weighted by Crippen LogP contribution is -2.56. The molecule has 0 spiro atoms. The zero-order valence-corrected chi connectivity index (χ0v) is 59.3. The van der Waals surface area contributed by atoms with Gasteiger partial charge in [-0.3, -0.25) is 0 Å². The van der Waals surface area contributed by atoms with E-state index in [1.54, 1.807) is 44.5 Å². The van der Waals surface area contributed by atoms with Crippen LogP contribution in [0.2, 0.25) is 0 Å². The molecule has 0 aliphatic carbocycles. The van der Waals surface area contributed by atoms with Gasteiger partial charge in [-0.25, -0.2) is 0 Å². The minimum absolute atomic E-state index is 0.0376. The lowest BCUT2D eigenvalue weighted by molar-refractivity contribution is 0.166. The molecular formula is C82H134. The van der Waals surface area contributed by atoms with Crippen molar-refractivity contribution < 1.29 is 0 Å². The van der Waals surface area contributed by atoms with Crippen molar-refractivity contribution >= 4 is 0 Å². The van der Waals surface area contributed by atoms with Gasteiger partial charge in [-0.2, -0.15) is 0 Å². The summed E-state index contributed by atoms with van der Waals surface area (Å²) in [5.74, 6) is 0.118. The molecule has 4 rings (SSSR count). The van der Waals surface area contributed by atoms with Gasteiger partial charge in [0.25, 0.3) is 0 Å². The van der Waals surface area contributed by atoms with Gasteiger partial charge in [0.1, 0.15) is 0 Å². The Morgan fingerprint density at radius 3 is 0.878 bits per heavy atom. The molecule has 0 saturated heterocycles. The molecule has 0 saturated carbocycles. The monoisotopic (exact) mass is 1120 g/mol. The van der Waals surface area contributed by atoms with Crippen LogP contribution in [-0.4, -0.2) is 0 Å². The number of hydrogen-bond donors (Lipinski definition) is 0. The highest BCUT2D eigenvalue weighted by Crippen LogP contribution is 2.66. The number of rotatable bonds is 30. The fourth-order valence-electron chi connectivity index (χ4n) is 14.9. The third-order valence-corrected chi connectivity index (χ3v) is 19.7. The van der Waals surface area contributed by atoms with E-state index in [-0.39, 0.29) is 38.4 Å². The first-order valence-electron chi connectivity index (χ1n) is 34.6. The second kappa shape index (κ2) is 30.0. The number of benzene rings is 4. The maximum Gasteiger partial charge on any atom is 0.0310 e. The molecule has 0 aliphatic heterocycles. The van der Waals surface area contributed by atoms with Crippen molar-refractivity contribution in [3.8, 4) is 0 Å². The molecule has 0 radical (unpaired) electrons. The Balaban J connectivity index is 2.46. The Morgan fingerprint density at radius 1 is 0.305 bits per heavy atom. The quantitative estimate of drug-likeness (QED) is 0.0457. The van der Waals surface area contributed by atoms with Crippen molar-refractivity contribution in [3.63, 3.8) is 0 Å². The zero-order chi connectivity index (χ0) is 61.7. The van der Waals surface area contributed by atoms with E-state index >= 15 is 0 Å². The van der Waals surface area contributed by atoms with Gasteiger partial charge in [-0.1, -0.05) is 358 Å². The molecule has 2 atom stereocenters. The van der Waals surface area contributed by atoms with Gasteiger partial charge in [-0.05, 0) is 146 Å². The summed E-state index contributed by atoms with van der Waals surface area (Å²) in [7, 11) is 0. The average Bonchev–Trinajstić information content (AvgIpc) is 0.974. The molecule has 0 nitrogen and oxygen atoms in total. The van der Waals surface area contributed by atoms with E-state index in [4.69, 9.17) is 0 Å². The molecule has 0 bridgehead atoms. The van der Waals surface area contributed by atoms with Crippen LogP contribution in [-0.2, 0) is 43.3 Å². The normalized spacial score (nSPS) is 14.4. The number of unbranched alkanes of at least 4 members (excludes halogenated alkanes) is 20. The first-order chi connectivity index (χ1) is 38.0. The zero-order valence-electron chi connectivity index (χ0n) is 59.3. The third kappa shape index (κ3) is 18.2. The fraction of sp³-hybridized carbons (Fsp3) is 0.707. The van der Waals surface area contributed by atoms with Crippen molar-refractivity contribution in [2.45, 2.75) is 376 Å². The van der Waals surface area contributed by atoms with Crippen LogP contribution in [0.4, 0.5) is 0 Å². The van der Waals surface area contributed by atoms with Crippen LogP contribution in [0.3, 0.4) is 0 Å². The molecule has 2 unspecified atom stereocenters. The summed E-state index contributed by atoms with van der Waals surface area (Å²) in [6, 6.07) is 26.4. The van der Waals surface area contributed by atoms with Crippen molar-refractivity contribution in [2.24, 2.45) is 0 Å². The van der Waals surface area contributed by atoms with Gasteiger partial charge in [0.05, 0.1) is 0 Å². The van der Waals surface area contributed by atoms with Crippen LogP contribution in [0.1, 0.15) is 383 Å². The van der Waals surface area contributed by atoms with Crippen molar-refractivity contribution in [3.05, 3.63) is 139 Å². The molecule has 4 aromatic rings. The van der Waals surface area contributed by atoms with Gasteiger partial charge in [-0.15, -0.1) is 0 Å². The molecule has 462 valence electrons. The molecule has 0 aliphatic rings. The fourth-order valence-corrected chi connectivity index (χ4v) is 14.9. The SMILES string of the molecule is CCCCCCCCCCCCCC(c1cc(C(C)(C)C)ccc1C)(c1cc(C(C)(C)C)ccc1C)C(CCCCCCCCCCCCC)(c1c(C(C)(C)C)cc(C)cc1C(C)(C)C)C(C)c1c(C(C)(C)C)cc(C)cc1C(C)(C)C. The minimum atomic E-state index is -0.453. The molecular weight excluding hydrogens is 985 g/mol. The van der Waals surface area contributed by atoms with E-state index < -0.39 is 10.8 Å². The lowest BCUT2D eigenvalue weighted by atomic mass is 9.42. The predicted octanol–water partition coefficient (Wildman–Crippen LogP) is 26.1. The van der Waals surface area contributed by atoms with Gasteiger partial charge >= 0.3 is 0 Å². The van der Waals surface area contributed by atoms with Crippen LogP contribution in [0.25, 0.3) is 0 Å². The van der Waals surface area contributed by atoms with Crippen molar-refractivity contribution in [1.82, 2.24) is 0 Å². The highest BCUT2D eigenvalue weighted by Gasteiger charge is 2.61. The van der Waals surface area contributed by atoms with Gasteiger partial charge in [0.2, 0.25) is 0 Å². The van der Waals surface area contributed by atoms with Gasteiger partial charge < -0.3 is 0 Å². The second-order valence-corrected chi connectivity index (χ2v) is 33.2. The largest absolute Gasteiger partial charge is 0.0654 e. The van der Waals surface area contributed by atoms with Gasteiger partial charge in [0.15, 0.2) is 0 Å². The van der Waals surface area contributed by atoms with Crippen LogP contribution in [0.15, 0.2) is 60.7 Å². The van der Waals surface area contributed by atoms with E-state index in [0.717, 1.165) is 12.8 Å². The molecule has 82 heavy (non-hydrogen) atoms. The van der Waals surface area contributed by atoms with Crippen LogP contribution in [0.5, 0.6) is 0 Å². The Hall–Kier alpha value is -3.12. The van der Waals surface area contributed by atoms with Crippen molar-refractivity contribution in [1.29, 1.82) is 0 Å². The highest BCUT2D eigenvalue weighted by molar-refractivity contribution is 5.64. The van der Waals surface area contributed by atoms with E-state index in [0.29, 0.717) is 0 Å². The Kier molecular flexibility index (Phi) is 26.1. The molecule has 0 N–H and O–H groups in total. The molecule has 0 heteroatoms. The van der Waals surface area contributed by atoms with Crippen LogP contribution in [0, 0.1) is 27.7 Å². The van der Waals surface area contributed by atoms with Crippen LogP contribution < -0.4 is 0 Å². The lowest BCUT2D eigenvalue weighted by Gasteiger charge is -2.60. The topological polar surface area (TPSA) is 0 Å². The molecule has 0 aromatic heterocycles. The summed E-state index contributed by atoms with van der Waals surface area (Å²) in [6.07, 6.45) is 31.7. The third-order valence-electron chi connectivity index (χ3n) is 19.7. The average molecular weight is 1120 g/mol. The maximum absolute atomic E-state index is 2.81. The first kappa shape index (κ1) is 71.4. The molecule has 0 fully saturated rings. The Labute approximate surface area is 512 Å². The second-order valence-electron chi connectivity index (χ2n) is 33.2. The Bertz CT molecular complexity index is 2430. The smallest absolute Gasteiger partial charge is 0.0310 e. The summed E-state index contributed by atoms with van der Waals surface area (Å²) in [5, 5.41) is 0. The maximum atomic E-state index is 2.81. The standard InChI is InChI=1S/C82H134/c1-26-28-30-32-34-36-38-40-42-44-46-52-81(74-71(79(20,21)22)56-61(4)57-72(74)80(23,24)25,64(7)73-69(77(14,15)16)54-60(3)55-70(73)78(17,18)19)82(67-58-65(75(8,9)10)50-48-62(67)5,68-59-66(76(11,12)13)51-49-63(68)6)53-47-45-43-41-39-37-35-33-31-29-27-2/h48-51,54-59,64H,26-47,52-53H2,1-25H3. The van der Waals surface area contributed by atoms with E-state index in [1.807, 2.05) is 0 Å². The van der Waals surface area contributed by atoms with Gasteiger partial charge in [0, 0.05) is 10.8 Å². The number of aryl methyl sites for hydroxylation is 4. The molecule has 0 amide bonds. The first-order valence-corrected chi connectivity index (χ1v) is 34.6. The number of hydrogen-bond acceptors (Lipinski definition) is 0. The summed E-state index contributed by atoms with van der Waals surface area (Å²) in [4.78, 5) is 0. The summed E-state index contributed by atoms with van der Waals surface area (Å²) in [5.41, 5.74) is 19.8. The van der Waals surface area contributed by atoms with Crippen LogP contribution >= 0.6 is 0 Å². The molecule has 0 heterocycles. The summed E-state index contributed by atoms with van der Waals surface area (Å²) >= 11 is 0. The predicted molar refractivity (Wildman–Crippen MR) is 370 cm³/mol. The minimum Gasteiger partial charge on any atom is -0.0654 e.